The van der Waals surface area contributed by atoms with Gasteiger partial charge in [-0.3, -0.25) is 4.18 Å². The molecule has 0 aromatic heterocycles. The van der Waals surface area contributed by atoms with Crippen LogP contribution in [0.4, 0.5) is 0 Å². The van der Waals surface area contributed by atoms with E-state index >= 15 is 0 Å². The Hall–Kier alpha value is -0.0900. The second-order valence-electron chi connectivity index (χ2n) is 6.41. The molecule has 4 aliphatic carbocycles. The summed E-state index contributed by atoms with van der Waals surface area (Å²) in [6.45, 7) is 0.395. The minimum atomic E-state index is -3.25. The van der Waals surface area contributed by atoms with E-state index in [1.807, 2.05) is 0 Å². The highest BCUT2D eigenvalue weighted by atomic mass is 32.2. The standard InChI is InChI=1S/C13H22O3S/c1-17(14,15)16-3-2-13-11-5-9-4-10(7-11)8-12(13)6-9/h9-13H,2-8H2,1H3. The molecule has 17 heavy (non-hydrogen) atoms. The normalized spacial score (nSPS) is 44.2. The van der Waals surface area contributed by atoms with Gasteiger partial charge in [-0.25, -0.2) is 0 Å². The molecule has 0 aromatic rings. The quantitative estimate of drug-likeness (QED) is 0.727. The van der Waals surface area contributed by atoms with Crippen molar-refractivity contribution in [2.75, 3.05) is 12.9 Å². The van der Waals surface area contributed by atoms with Crippen LogP contribution in [-0.4, -0.2) is 21.3 Å². The van der Waals surface area contributed by atoms with Crippen molar-refractivity contribution in [3.63, 3.8) is 0 Å². The highest BCUT2D eigenvalue weighted by Crippen LogP contribution is 2.57. The minimum absolute atomic E-state index is 0.395. The molecule has 4 rings (SSSR count). The lowest BCUT2D eigenvalue weighted by Crippen LogP contribution is -2.45. The predicted molar refractivity (Wildman–Crippen MR) is 65.9 cm³/mol. The van der Waals surface area contributed by atoms with Crippen molar-refractivity contribution in [3.8, 4) is 0 Å². The minimum Gasteiger partial charge on any atom is -0.270 e. The topological polar surface area (TPSA) is 43.4 Å². The van der Waals surface area contributed by atoms with Gasteiger partial charge in [-0.1, -0.05) is 0 Å². The Bertz CT molecular complexity index is 359. The Morgan fingerprint density at radius 1 is 1.00 bits per heavy atom. The zero-order valence-electron chi connectivity index (χ0n) is 10.5. The van der Waals surface area contributed by atoms with E-state index in [9.17, 15) is 8.42 Å². The van der Waals surface area contributed by atoms with E-state index in [0.717, 1.165) is 42.3 Å². The molecule has 0 N–H and O–H groups in total. The van der Waals surface area contributed by atoms with Gasteiger partial charge in [-0.15, -0.1) is 0 Å². The molecule has 0 unspecified atom stereocenters. The molecule has 4 fully saturated rings. The van der Waals surface area contributed by atoms with Crippen LogP contribution in [-0.2, 0) is 14.3 Å². The van der Waals surface area contributed by atoms with Gasteiger partial charge in [-0.05, 0) is 68.1 Å². The molecule has 0 spiro atoms. The maximum atomic E-state index is 11.0. The van der Waals surface area contributed by atoms with Crippen molar-refractivity contribution in [2.24, 2.45) is 29.6 Å². The second-order valence-corrected chi connectivity index (χ2v) is 8.05. The molecule has 3 nitrogen and oxygen atoms in total. The van der Waals surface area contributed by atoms with Gasteiger partial charge in [0, 0.05) is 0 Å². The fourth-order valence-corrected chi connectivity index (χ4v) is 5.24. The van der Waals surface area contributed by atoms with E-state index in [1.54, 1.807) is 0 Å². The van der Waals surface area contributed by atoms with E-state index in [2.05, 4.69) is 0 Å². The lowest BCUT2D eigenvalue weighted by atomic mass is 9.51. The third-order valence-corrected chi connectivity index (χ3v) is 5.77. The summed E-state index contributed by atoms with van der Waals surface area (Å²) < 4.78 is 26.8. The van der Waals surface area contributed by atoms with Crippen LogP contribution in [0.1, 0.15) is 38.5 Å². The third kappa shape index (κ3) is 2.53. The van der Waals surface area contributed by atoms with E-state index in [-0.39, 0.29) is 0 Å². The van der Waals surface area contributed by atoms with Gasteiger partial charge in [0.15, 0.2) is 0 Å². The molecule has 4 aliphatic rings. The van der Waals surface area contributed by atoms with Crippen LogP contribution in [0.5, 0.6) is 0 Å². The van der Waals surface area contributed by atoms with E-state index < -0.39 is 10.1 Å². The number of hydrogen-bond acceptors (Lipinski definition) is 3. The van der Waals surface area contributed by atoms with Crippen LogP contribution >= 0.6 is 0 Å². The summed E-state index contributed by atoms with van der Waals surface area (Å²) in [4.78, 5) is 0. The Labute approximate surface area is 104 Å². The zero-order chi connectivity index (χ0) is 12.0. The van der Waals surface area contributed by atoms with Crippen LogP contribution in [0.25, 0.3) is 0 Å². The van der Waals surface area contributed by atoms with Crippen molar-refractivity contribution < 1.29 is 12.6 Å². The van der Waals surface area contributed by atoms with Crippen molar-refractivity contribution in [1.29, 1.82) is 0 Å². The molecule has 4 heteroatoms. The third-order valence-electron chi connectivity index (χ3n) is 5.17. The molecular weight excluding hydrogens is 236 g/mol. The van der Waals surface area contributed by atoms with Gasteiger partial charge >= 0.3 is 0 Å². The SMILES string of the molecule is CS(=O)(=O)OCCC1C2CC3CC(C2)CC1C3. The van der Waals surface area contributed by atoms with Crippen molar-refractivity contribution >= 4 is 10.1 Å². The molecule has 4 bridgehead atoms. The summed E-state index contributed by atoms with van der Waals surface area (Å²) in [7, 11) is -3.25. The Balaban J connectivity index is 1.57. The van der Waals surface area contributed by atoms with Gasteiger partial charge in [0.2, 0.25) is 0 Å². The van der Waals surface area contributed by atoms with Gasteiger partial charge < -0.3 is 0 Å². The molecule has 0 saturated heterocycles. The molecule has 0 aliphatic heterocycles. The molecule has 0 atom stereocenters. The maximum absolute atomic E-state index is 11.0. The van der Waals surface area contributed by atoms with E-state index in [4.69, 9.17) is 4.18 Å². The molecule has 0 radical (unpaired) electrons. The molecular formula is C13H22O3S. The summed E-state index contributed by atoms with van der Waals surface area (Å²) in [5.74, 6) is 4.46. The molecule has 0 amide bonds. The van der Waals surface area contributed by atoms with E-state index in [1.165, 1.54) is 32.1 Å². The lowest BCUT2D eigenvalue weighted by Gasteiger charge is -2.54. The van der Waals surface area contributed by atoms with Gasteiger partial charge in [0.25, 0.3) is 10.1 Å². The predicted octanol–water partition coefficient (Wildman–Crippen LogP) is 2.43. The first-order valence-corrected chi connectivity index (χ1v) is 8.67. The van der Waals surface area contributed by atoms with Gasteiger partial charge in [-0.2, -0.15) is 8.42 Å². The van der Waals surface area contributed by atoms with Crippen LogP contribution in [0.3, 0.4) is 0 Å². The van der Waals surface area contributed by atoms with Crippen LogP contribution in [0.15, 0.2) is 0 Å². The first-order chi connectivity index (χ1) is 8.01. The fraction of sp³-hybridized carbons (Fsp3) is 1.00. The molecule has 0 aromatic carbocycles. The largest absolute Gasteiger partial charge is 0.270 e. The maximum Gasteiger partial charge on any atom is 0.264 e. The zero-order valence-corrected chi connectivity index (χ0v) is 11.3. The Kier molecular flexibility index (Phi) is 2.98. The van der Waals surface area contributed by atoms with Crippen LogP contribution in [0.2, 0.25) is 0 Å². The Morgan fingerprint density at radius 3 is 2.00 bits per heavy atom. The van der Waals surface area contributed by atoms with Gasteiger partial charge in [0.1, 0.15) is 0 Å². The molecule has 0 heterocycles. The summed E-state index contributed by atoms with van der Waals surface area (Å²) >= 11 is 0. The van der Waals surface area contributed by atoms with Crippen molar-refractivity contribution in [1.82, 2.24) is 0 Å². The molecule has 4 saturated carbocycles. The van der Waals surface area contributed by atoms with Gasteiger partial charge in [0.05, 0.1) is 12.9 Å². The number of hydrogen-bond donors (Lipinski definition) is 0. The summed E-state index contributed by atoms with van der Waals surface area (Å²) in [5, 5.41) is 0. The highest BCUT2D eigenvalue weighted by molar-refractivity contribution is 7.85. The van der Waals surface area contributed by atoms with Crippen LogP contribution < -0.4 is 0 Å². The lowest BCUT2D eigenvalue weighted by molar-refractivity contribution is -0.0433. The monoisotopic (exact) mass is 258 g/mol. The average molecular weight is 258 g/mol. The smallest absolute Gasteiger partial charge is 0.264 e. The van der Waals surface area contributed by atoms with Crippen molar-refractivity contribution in [2.45, 2.75) is 38.5 Å². The second kappa shape index (κ2) is 4.23. The highest BCUT2D eigenvalue weighted by Gasteiger charge is 2.47. The first-order valence-electron chi connectivity index (χ1n) is 6.85. The van der Waals surface area contributed by atoms with Crippen molar-refractivity contribution in [3.05, 3.63) is 0 Å². The first kappa shape index (κ1) is 12.0. The fourth-order valence-electron chi connectivity index (χ4n) is 4.84. The van der Waals surface area contributed by atoms with E-state index in [0.29, 0.717) is 6.61 Å². The van der Waals surface area contributed by atoms with Crippen LogP contribution in [0, 0.1) is 29.6 Å². The number of rotatable bonds is 4. The average Bonchev–Trinajstić information content (AvgIpc) is 2.19. The summed E-state index contributed by atoms with van der Waals surface area (Å²) in [5.41, 5.74) is 0. The Morgan fingerprint density at radius 2 is 1.53 bits per heavy atom. The summed E-state index contributed by atoms with van der Waals surface area (Å²) in [6.07, 6.45) is 9.16. The summed E-state index contributed by atoms with van der Waals surface area (Å²) in [6, 6.07) is 0. The molecule has 98 valence electrons.